The summed E-state index contributed by atoms with van der Waals surface area (Å²) in [7, 11) is 0. The maximum absolute atomic E-state index is 12.7. The maximum Gasteiger partial charge on any atom is 0.411 e. The van der Waals surface area contributed by atoms with Crippen LogP contribution in [0.1, 0.15) is 73.1 Å². The lowest BCUT2D eigenvalue weighted by Crippen LogP contribution is -2.55. The SMILES string of the molecule is CC[C@@H](C)OC(=O)[C@@H]1C[C@H]2CCCC[C@H]2CN1C(=O)OC(C)(C)C. The minimum Gasteiger partial charge on any atom is -0.461 e. The van der Waals surface area contributed by atoms with E-state index in [1.807, 2.05) is 34.6 Å². The van der Waals surface area contributed by atoms with Crippen molar-refractivity contribution >= 4 is 12.1 Å². The topological polar surface area (TPSA) is 55.8 Å². The van der Waals surface area contributed by atoms with Gasteiger partial charge in [-0.05, 0) is 58.8 Å². The van der Waals surface area contributed by atoms with Crippen LogP contribution in [0.15, 0.2) is 0 Å². The molecule has 1 heterocycles. The molecule has 1 aliphatic carbocycles. The number of rotatable bonds is 3. The van der Waals surface area contributed by atoms with Crippen LogP contribution in [0.2, 0.25) is 0 Å². The normalized spacial score (nSPS) is 28.7. The van der Waals surface area contributed by atoms with E-state index in [0.717, 1.165) is 19.3 Å². The molecule has 1 amide bonds. The molecule has 2 fully saturated rings. The molecule has 24 heavy (non-hydrogen) atoms. The van der Waals surface area contributed by atoms with Crippen LogP contribution in [0.5, 0.6) is 0 Å². The summed E-state index contributed by atoms with van der Waals surface area (Å²) in [5, 5.41) is 0. The van der Waals surface area contributed by atoms with Crippen LogP contribution >= 0.6 is 0 Å². The first kappa shape index (κ1) is 19.1. The molecule has 1 aliphatic heterocycles. The van der Waals surface area contributed by atoms with Gasteiger partial charge in [0.2, 0.25) is 0 Å². The molecule has 4 atom stereocenters. The summed E-state index contributed by atoms with van der Waals surface area (Å²) in [6.45, 7) is 10.0. The summed E-state index contributed by atoms with van der Waals surface area (Å²) >= 11 is 0. The van der Waals surface area contributed by atoms with Crippen molar-refractivity contribution in [3.8, 4) is 0 Å². The van der Waals surface area contributed by atoms with Gasteiger partial charge >= 0.3 is 12.1 Å². The fraction of sp³-hybridized carbons (Fsp3) is 0.895. The average molecular weight is 339 g/mol. The number of carbonyl (C=O) groups is 2. The highest BCUT2D eigenvalue weighted by Gasteiger charge is 2.44. The van der Waals surface area contributed by atoms with Crippen LogP contribution in [0, 0.1) is 11.8 Å². The molecule has 138 valence electrons. The number of esters is 1. The molecule has 5 heteroatoms. The number of hydrogen-bond acceptors (Lipinski definition) is 4. The van der Waals surface area contributed by atoms with Crippen LogP contribution in [0.4, 0.5) is 4.79 Å². The third-order valence-electron chi connectivity index (χ3n) is 5.19. The molecule has 0 radical (unpaired) electrons. The highest BCUT2D eigenvalue weighted by Crippen LogP contribution is 2.39. The lowest BCUT2D eigenvalue weighted by Gasteiger charge is -2.45. The standard InChI is InChI=1S/C19H33NO4/c1-6-13(2)23-17(21)16-11-14-9-7-8-10-15(14)12-20(16)18(22)24-19(3,4)5/h13-16H,6-12H2,1-5H3/t13-,14-,15+,16+/m1/s1. The molecule has 0 aromatic carbocycles. The van der Waals surface area contributed by atoms with E-state index in [4.69, 9.17) is 9.47 Å². The molecule has 1 saturated heterocycles. The monoisotopic (exact) mass is 339 g/mol. The van der Waals surface area contributed by atoms with Crippen molar-refractivity contribution in [1.29, 1.82) is 0 Å². The highest BCUT2D eigenvalue weighted by molar-refractivity contribution is 5.82. The Morgan fingerprint density at radius 1 is 1.17 bits per heavy atom. The number of likely N-dealkylation sites (tertiary alicyclic amines) is 1. The van der Waals surface area contributed by atoms with Gasteiger partial charge in [-0.3, -0.25) is 4.90 Å². The molecule has 0 bridgehead atoms. The van der Waals surface area contributed by atoms with E-state index in [0.29, 0.717) is 24.8 Å². The summed E-state index contributed by atoms with van der Waals surface area (Å²) in [6.07, 6.45) is 5.69. The average Bonchev–Trinajstić information content (AvgIpc) is 2.51. The Kier molecular flexibility index (Phi) is 6.16. The molecule has 0 aromatic rings. The molecule has 5 nitrogen and oxygen atoms in total. The fourth-order valence-corrected chi connectivity index (χ4v) is 3.73. The van der Waals surface area contributed by atoms with Gasteiger partial charge in [0.1, 0.15) is 11.6 Å². The molecular formula is C19H33NO4. The first-order valence-electron chi connectivity index (χ1n) is 9.41. The zero-order chi connectivity index (χ0) is 17.9. The second-order valence-electron chi connectivity index (χ2n) is 8.34. The second-order valence-corrected chi connectivity index (χ2v) is 8.34. The summed E-state index contributed by atoms with van der Waals surface area (Å²) < 4.78 is 11.1. The van der Waals surface area contributed by atoms with E-state index in [1.54, 1.807) is 4.90 Å². The molecule has 2 rings (SSSR count). The third-order valence-corrected chi connectivity index (χ3v) is 5.19. The molecule has 1 saturated carbocycles. The Balaban J connectivity index is 2.14. The van der Waals surface area contributed by atoms with E-state index in [-0.39, 0.29) is 12.1 Å². The largest absolute Gasteiger partial charge is 0.461 e. The zero-order valence-electron chi connectivity index (χ0n) is 15.8. The van der Waals surface area contributed by atoms with Gasteiger partial charge in [-0.1, -0.05) is 26.2 Å². The van der Waals surface area contributed by atoms with Crippen molar-refractivity contribution in [2.45, 2.75) is 90.9 Å². The number of fused-ring (bicyclic) bond motifs is 1. The van der Waals surface area contributed by atoms with E-state index in [1.165, 1.54) is 12.8 Å². The van der Waals surface area contributed by atoms with Crippen LogP contribution in [-0.4, -0.2) is 41.3 Å². The number of ether oxygens (including phenoxy) is 2. The number of piperidine rings is 1. The number of nitrogens with zero attached hydrogens (tertiary/aromatic N) is 1. The van der Waals surface area contributed by atoms with E-state index < -0.39 is 17.7 Å². The van der Waals surface area contributed by atoms with E-state index >= 15 is 0 Å². The lowest BCUT2D eigenvalue weighted by molar-refractivity contribution is -0.158. The summed E-state index contributed by atoms with van der Waals surface area (Å²) in [6, 6.07) is -0.506. The fourth-order valence-electron chi connectivity index (χ4n) is 3.73. The third kappa shape index (κ3) is 4.87. The molecule has 2 aliphatic rings. The molecule has 0 spiro atoms. The molecular weight excluding hydrogens is 306 g/mol. The van der Waals surface area contributed by atoms with Crippen LogP contribution in [-0.2, 0) is 14.3 Å². The van der Waals surface area contributed by atoms with Crippen LogP contribution in [0.3, 0.4) is 0 Å². The van der Waals surface area contributed by atoms with Crippen LogP contribution in [0.25, 0.3) is 0 Å². The minimum atomic E-state index is -0.564. The van der Waals surface area contributed by atoms with Crippen molar-refractivity contribution < 1.29 is 19.1 Å². The lowest BCUT2D eigenvalue weighted by atomic mass is 9.73. The summed E-state index contributed by atoms with van der Waals surface area (Å²) in [4.78, 5) is 26.9. The smallest absolute Gasteiger partial charge is 0.411 e. The van der Waals surface area contributed by atoms with Gasteiger partial charge in [0.25, 0.3) is 0 Å². The molecule has 0 unspecified atom stereocenters. The molecule has 0 N–H and O–H groups in total. The van der Waals surface area contributed by atoms with E-state index in [9.17, 15) is 9.59 Å². The van der Waals surface area contributed by atoms with Gasteiger partial charge in [-0.25, -0.2) is 9.59 Å². The predicted octanol–water partition coefficient (Wildman–Crippen LogP) is 4.14. The first-order valence-corrected chi connectivity index (χ1v) is 9.41. The Bertz CT molecular complexity index is 457. The minimum absolute atomic E-state index is 0.123. The van der Waals surface area contributed by atoms with E-state index in [2.05, 4.69) is 0 Å². The zero-order valence-corrected chi connectivity index (χ0v) is 15.8. The number of amides is 1. The molecule has 0 aromatic heterocycles. The Morgan fingerprint density at radius 2 is 1.79 bits per heavy atom. The Hall–Kier alpha value is -1.26. The maximum atomic E-state index is 12.7. The Morgan fingerprint density at radius 3 is 2.38 bits per heavy atom. The highest BCUT2D eigenvalue weighted by atomic mass is 16.6. The number of carbonyl (C=O) groups excluding carboxylic acids is 2. The van der Waals surface area contributed by atoms with Gasteiger partial charge in [-0.2, -0.15) is 0 Å². The Labute approximate surface area is 146 Å². The quantitative estimate of drug-likeness (QED) is 0.725. The van der Waals surface area contributed by atoms with Crippen molar-refractivity contribution in [1.82, 2.24) is 4.90 Å². The van der Waals surface area contributed by atoms with Gasteiger partial charge in [0, 0.05) is 6.54 Å². The summed E-state index contributed by atoms with van der Waals surface area (Å²) in [5.74, 6) is 0.727. The summed E-state index contributed by atoms with van der Waals surface area (Å²) in [5.41, 5.74) is -0.564. The first-order chi connectivity index (χ1) is 11.2. The van der Waals surface area contributed by atoms with Crippen molar-refractivity contribution in [3.63, 3.8) is 0 Å². The second kappa shape index (κ2) is 7.75. The van der Waals surface area contributed by atoms with Crippen LogP contribution < -0.4 is 0 Å². The van der Waals surface area contributed by atoms with Gasteiger partial charge < -0.3 is 9.47 Å². The van der Waals surface area contributed by atoms with Crippen molar-refractivity contribution in [2.24, 2.45) is 11.8 Å². The predicted molar refractivity (Wildman–Crippen MR) is 92.6 cm³/mol. The van der Waals surface area contributed by atoms with Crippen molar-refractivity contribution in [2.75, 3.05) is 6.54 Å². The van der Waals surface area contributed by atoms with Crippen molar-refractivity contribution in [3.05, 3.63) is 0 Å². The van der Waals surface area contributed by atoms with Gasteiger partial charge in [-0.15, -0.1) is 0 Å². The van der Waals surface area contributed by atoms with Gasteiger partial charge in [0.15, 0.2) is 0 Å². The van der Waals surface area contributed by atoms with Gasteiger partial charge in [0.05, 0.1) is 6.10 Å². The number of hydrogen-bond donors (Lipinski definition) is 0.